The van der Waals surface area contributed by atoms with Crippen LogP contribution in [0.15, 0.2) is 48.7 Å². The Hall–Kier alpha value is -3.62. The Bertz CT molecular complexity index is 1270. The molecule has 35 heavy (non-hydrogen) atoms. The maximum absolute atomic E-state index is 13.8. The van der Waals surface area contributed by atoms with Gasteiger partial charge in [0.1, 0.15) is 17.6 Å². The summed E-state index contributed by atoms with van der Waals surface area (Å²) < 4.78 is 66.4. The summed E-state index contributed by atoms with van der Waals surface area (Å²) in [4.78, 5) is 14.6. The molecule has 0 saturated heterocycles. The van der Waals surface area contributed by atoms with Gasteiger partial charge in [-0.2, -0.15) is 17.6 Å². The van der Waals surface area contributed by atoms with Gasteiger partial charge in [-0.1, -0.05) is 18.2 Å². The van der Waals surface area contributed by atoms with E-state index in [0.29, 0.717) is 41.0 Å². The average Bonchev–Trinajstić information content (AvgIpc) is 3.38. The molecular formula is C26H21F4NO4. The van der Waals surface area contributed by atoms with Crippen molar-refractivity contribution >= 4 is 5.97 Å². The predicted molar refractivity (Wildman–Crippen MR) is 117 cm³/mol. The minimum atomic E-state index is -4.53. The number of carboxylic acids is 1. The van der Waals surface area contributed by atoms with Crippen molar-refractivity contribution in [3.63, 3.8) is 0 Å². The molecule has 0 radical (unpaired) electrons. The summed E-state index contributed by atoms with van der Waals surface area (Å²) in [6.07, 6.45) is -2.85. The van der Waals surface area contributed by atoms with Crippen molar-refractivity contribution < 1.29 is 36.9 Å². The first-order valence-electron chi connectivity index (χ1n) is 11.2. The smallest absolute Gasteiger partial charge is 0.416 e. The lowest BCUT2D eigenvalue weighted by Crippen LogP contribution is -2.13. The monoisotopic (exact) mass is 487 g/mol. The highest BCUT2D eigenvalue weighted by atomic mass is 19.4. The Balaban J connectivity index is 1.42. The van der Waals surface area contributed by atoms with Gasteiger partial charge in [0.2, 0.25) is 5.95 Å². The number of alkyl halides is 3. The molecule has 0 bridgehead atoms. The molecule has 2 aromatic carbocycles. The van der Waals surface area contributed by atoms with Crippen LogP contribution < -0.4 is 9.47 Å². The number of carbonyl (C=O) groups is 1. The normalized spacial score (nSPS) is 18.6. The lowest BCUT2D eigenvalue weighted by molar-refractivity contribution is -0.138. The third-order valence-corrected chi connectivity index (χ3v) is 6.51. The Morgan fingerprint density at radius 2 is 1.94 bits per heavy atom. The minimum Gasteiger partial charge on any atom is -0.492 e. The molecule has 2 atom stereocenters. The Labute approximate surface area is 198 Å². The molecular weight excluding hydrogens is 466 g/mol. The molecule has 2 aliphatic rings. The van der Waals surface area contributed by atoms with Gasteiger partial charge in [-0.05, 0) is 59.7 Å². The van der Waals surface area contributed by atoms with Gasteiger partial charge in [0, 0.05) is 23.7 Å². The van der Waals surface area contributed by atoms with Gasteiger partial charge in [-0.15, -0.1) is 0 Å². The van der Waals surface area contributed by atoms with E-state index in [9.17, 15) is 22.4 Å². The zero-order valence-corrected chi connectivity index (χ0v) is 18.4. The number of nitrogens with zero attached hydrogens (tertiary/aromatic N) is 1. The Morgan fingerprint density at radius 3 is 2.66 bits per heavy atom. The van der Waals surface area contributed by atoms with Crippen molar-refractivity contribution in [2.45, 2.75) is 43.9 Å². The standard InChI is InChI=1S/C26H21F4NO4/c27-24-8-1-14(12-31-24)9-20-18-5-7-22(19(18)4-6-21(20)26(28,29)30)35-16-2-3-17-15(10-25(32)33)13-34-23(17)11-16/h1-4,6,8,11-12,15,22H,5,7,9-10,13H2,(H,32,33)/t15-,22-/m1/s1. The number of halogens is 4. The van der Waals surface area contributed by atoms with E-state index in [4.69, 9.17) is 14.6 Å². The fourth-order valence-electron chi connectivity index (χ4n) is 4.92. The molecule has 1 N–H and O–H groups in total. The third kappa shape index (κ3) is 4.67. The molecule has 0 fully saturated rings. The number of pyridine rings is 1. The van der Waals surface area contributed by atoms with Gasteiger partial charge in [0.15, 0.2) is 0 Å². The summed E-state index contributed by atoms with van der Waals surface area (Å²) in [7, 11) is 0. The first-order chi connectivity index (χ1) is 16.7. The van der Waals surface area contributed by atoms with Crippen LogP contribution in [0.1, 0.15) is 58.2 Å². The number of benzene rings is 2. The van der Waals surface area contributed by atoms with Crippen LogP contribution in [0.2, 0.25) is 0 Å². The summed E-state index contributed by atoms with van der Waals surface area (Å²) in [6, 6.07) is 10.3. The van der Waals surface area contributed by atoms with E-state index >= 15 is 0 Å². The fraction of sp³-hybridized carbons (Fsp3) is 0.308. The molecule has 5 rings (SSSR count). The van der Waals surface area contributed by atoms with Gasteiger partial charge in [-0.25, -0.2) is 4.98 Å². The quantitative estimate of drug-likeness (QED) is 0.349. The number of fused-ring (bicyclic) bond motifs is 2. The molecule has 0 unspecified atom stereocenters. The van der Waals surface area contributed by atoms with E-state index < -0.39 is 29.8 Å². The first kappa shape index (κ1) is 23.1. The van der Waals surface area contributed by atoms with Crippen LogP contribution in [-0.2, 0) is 23.8 Å². The van der Waals surface area contributed by atoms with Crippen LogP contribution in [0.25, 0.3) is 0 Å². The number of aliphatic carboxylic acids is 1. The van der Waals surface area contributed by atoms with E-state index in [-0.39, 0.29) is 30.9 Å². The van der Waals surface area contributed by atoms with Crippen LogP contribution in [0, 0.1) is 5.95 Å². The molecule has 0 amide bonds. The maximum Gasteiger partial charge on any atom is 0.416 e. The summed E-state index contributed by atoms with van der Waals surface area (Å²) in [6.45, 7) is 0.277. The van der Waals surface area contributed by atoms with Gasteiger partial charge in [0.05, 0.1) is 18.6 Å². The second-order valence-electron chi connectivity index (χ2n) is 8.77. The lowest BCUT2D eigenvalue weighted by Gasteiger charge is -2.19. The molecule has 9 heteroatoms. The van der Waals surface area contributed by atoms with Crippen molar-refractivity contribution in [1.29, 1.82) is 0 Å². The van der Waals surface area contributed by atoms with Crippen LogP contribution in [-0.4, -0.2) is 22.7 Å². The topological polar surface area (TPSA) is 68.7 Å². The molecule has 2 heterocycles. The molecule has 5 nitrogen and oxygen atoms in total. The van der Waals surface area contributed by atoms with Crippen molar-refractivity contribution in [1.82, 2.24) is 4.98 Å². The summed E-state index contributed by atoms with van der Waals surface area (Å²) in [5.41, 5.74) is 2.01. The largest absolute Gasteiger partial charge is 0.492 e. The highest BCUT2D eigenvalue weighted by Gasteiger charge is 2.37. The number of rotatable bonds is 6. The van der Waals surface area contributed by atoms with Crippen molar-refractivity contribution in [3.05, 3.63) is 88.0 Å². The van der Waals surface area contributed by atoms with E-state index in [0.717, 1.165) is 17.7 Å². The second-order valence-corrected chi connectivity index (χ2v) is 8.77. The van der Waals surface area contributed by atoms with Crippen LogP contribution in [0.4, 0.5) is 17.6 Å². The zero-order valence-electron chi connectivity index (χ0n) is 18.4. The molecule has 3 aromatic rings. The van der Waals surface area contributed by atoms with E-state index in [1.165, 1.54) is 18.3 Å². The first-order valence-corrected chi connectivity index (χ1v) is 11.2. The van der Waals surface area contributed by atoms with Gasteiger partial charge in [-0.3, -0.25) is 4.79 Å². The van der Waals surface area contributed by atoms with E-state index in [1.807, 2.05) is 0 Å². The molecule has 0 saturated carbocycles. The van der Waals surface area contributed by atoms with Crippen LogP contribution >= 0.6 is 0 Å². The molecule has 0 spiro atoms. The zero-order chi connectivity index (χ0) is 24.7. The molecule has 1 aliphatic heterocycles. The number of ether oxygens (including phenoxy) is 2. The number of hydrogen-bond acceptors (Lipinski definition) is 4. The minimum absolute atomic E-state index is 0.0182. The summed E-state index contributed by atoms with van der Waals surface area (Å²) >= 11 is 0. The predicted octanol–water partition coefficient (Wildman–Crippen LogP) is 5.85. The van der Waals surface area contributed by atoms with E-state index in [2.05, 4.69) is 4.98 Å². The maximum atomic E-state index is 13.8. The van der Waals surface area contributed by atoms with Crippen molar-refractivity contribution in [2.24, 2.45) is 0 Å². The number of aromatic nitrogens is 1. The van der Waals surface area contributed by atoms with Crippen molar-refractivity contribution in [2.75, 3.05) is 6.61 Å². The highest BCUT2D eigenvalue weighted by Crippen LogP contribution is 2.44. The Morgan fingerprint density at radius 1 is 1.14 bits per heavy atom. The molecule has 182 valence electrons. The molecule has 1 aromatic heterocycles. The highest BCUT2D eigenvalue weighted by molar-refractivity contribution is 5.68. The average molecular weight is 487 g/mol. The van der Waals surface area contributed by atoms with Gasteiger partial charge >= 0.3 is 12.1 Å². The van der Waals surface area contributed by atoms with Crippen molar-refractivity contribution in [3.8, 4) is 11.5 Å². The summed E-state index contributed by atoms with van der Waals surface area (Å²) in [5, 5.41) is 9.06. The number of hydrogen-bond donors (Lipinski definition) is 1. The van der Waals surface area contributed by atoms with Gasteiger partial charge < -0.3 is 14.6 Å². The second kappa shape index (κ2) is 8.87. The SMILES string of the molecule is O=C(O)C[C@@H]1COc2cc(O[C@@H]3CCc4c3ccc(C(F)(F)F)c4Cc3ccc(F)nc3)ccc21. The molecule has 1 aliphatic carbocycles. The third-order valence-electron chi connectivity index (χ3n) is 6.51. The van der Waals surface area contributed by atoms with Gasteiger partial charge in [0.25, 0.3) is 0 Å². The van der Waals surface area contributed by atoms with Crippen LogP contribution in [0.3, 0.4) is 0 Å². The van der Waals surface area contributed by atoms with E-state index in [1.54, 1.807) is 18.2 Å². The van der Waals surface area contributed by atoms with Crippen LogP contribution in [0.5, 0.6) is 11.5 Å². The summed E-state index contributed by atoms with van der Waals surface area (Å²) in [5.74, 6) is -0.761. The lowest BCUT2D eigenvalue weighted by atomic mass is 9.92. The Kier molecular flexibility index (Phi) is 5.86. The fourth-order valence-corrected chi connectivity index (χ4v) is 4.92. The number of carboxylic acid groups (broad SMARTS) is 1.